The van der Waals surface area contributed by atoms with Crippen LogP contribution in [0.25, 0.3) is 0 Å². The van der Waals surface area contributed by atoms with Gasteiger partial charge in [0.1, 0.15) is 0 Å². The summed E-state index contributed by atoms with van der Waals surface area (Å²) in [6.07, 6.45) is 3.96. The van der Waals surface area contributed by atoms with Crippen LogP contribution in [0.15, 0.2) is 4.99 Å². The molecule has 0 aromatic heterocycles. The number of guanidine groups is 1. The normalized spacial score (nSPS) is 20.4. The third-order valence-electron chi connectivity index (χ3n) is 4.18. The zero-order valence-electron chi connectivity index (χ0n) is 14.9. The first-order valence-corrected chi connectivity index (χ1v) is 8.33. The predicted molar refractivity (Wildman–Crippen MR) is 105 cm³/mol. The summed E-state index contributed by atoms with van der Waals surface area (Å²) in [5.74, 6) is 0.893. The van der Waals surface area contributed by atoms with Crippen LogP contribution < -0.4 is 10.6 Å². The van der Waals surface area contributed by atoms with Crippen LogP contribution in [-0.2, 0) is 4.74 Å². The largest absolute Gasteiger partial charge is 0.377 e. The predicted octanol–water partition coefficient (Wildman–Crippen LogP) is 2.46. The Morgan fingerprint density at radius 3 is 2.59 bits per heavy atom. The second kappa shape index (κ2) is 11.5. The molecule has 0 aliphatic carbocycles. The lowest BCUT2D eigenvalue weighted by molar-refractivity contribution is 0.0310. The highest BCUT2D eigenvalue weighted by atomic mass is 127. The van der Waals surface area contributed by atoms with Crippen molar-refractivity contribution in [2.75, 3.05) is 39.8 Å². The van der Waals surface area contributed by atoms with E-state index in [0.29, 0.717) is 12.6 Å². The molecule has 1 aliphatic rings. The van der Waals surface area contributed by atoms with Gasteiger partial charge in [-0.15, -0.1) is 24.0 Å². The van der Waals surface area contributed by atoms with E-state index in [4.69, 9.17) is 4.74 Å². The summed E-state index contributed by atoms with van der Waals surface area (Å²) in [7, 11) is 1.73. The Balaban J connectivity index is 0.00000441. The third-order valence-corrected chi connectivity index (χ3v) is 4.18. The summed E-state index contributed by atoms with van der Waals surface area (Å²) in [5, 5.41) is 6.81. The quantitative estimate of drug-likeness (QED) is 0.373. The van der Waals surface area contributed by atoms with E-state index in [0.717, 1.165) is 25.6 Å². The third kappa shape index (κ3) is 7.97. The zero-order valence-corrected chi connectivity index (χ0v) is 17.3. The summed E-state index contributed by atoms with van der Waals surface area (Å²) in [4.78, 5) is 7.21. The molecule has 1 fully saturated rings. The molecule has 1 aliphatic heterocycles. The number of nitrogens with one attached hydrogen (secondary N) is 2. The second-order valence-electron chi connectivity index (χ2n) is 6.32. The molecule has 6 heteroatoms. The monoisotopic (exact) mass is 426 g/mol. The van der Waals surface area contributed by atoms with Crippen molar-refractivity contribution in [3.8, 4) is 0 Å². The number of likely N-dealkylation sites (tertiary alicyclic amines) is 1. The molecule has 1 heterocycles. The van der Waals surface area contributed by atoms with Crippen molar-refractivity contribution in [3.63, 3.8) is 0 Å². The molecule has 0 saturated carbocycles. The fourth-order valence-electron chi connectivity index (χ4n) is 2.60. The lowest BCUT2D eigenvalue weighted by Gasteiger charge is -2.35. The van der Waals surface area contributed by atoms with Crippen molar-refractivity contribution in [1.29, 1.82) is 0 Å². The van der Waals surface area contributed by atoms with Crippen LogP contribution in [0.5, 0.6) is 0 Å². The van der Waals surface area contributed by atoms with Gasteiger partial charge >= 0.3 is 0 Å². The van der Waals surface area contributed by atoms with E-state index in [9.17, 15) is 0 Å². The zero-order chi connectivity index (χ0) is 15.7. The first-order valence-electron chi connectivity index (χ1n) is 8.33. The average Bonchev–Trinajstić information content (AvgIpc) is 2.50. The van der Waals surface area contributed by atoms with Gasteiger partial charge < -0.3 is 15.4 Å². The number of methoxy groups -OCH3 is 1. The van der Waals surface area contributed by atoms with E-state index in [1.54, 1.807) is 7.11 Å². The molecule has 1 rings (SSSR count). The summed E-state index contributed by atoms with van der Waals surface area (Å²) in [6.45, 7) is 13.3. The Bertz CT molecular complexity index is 323. The van der Waals surface area contributed by atoms with Gasteiger partial charge in [0.05, 0.1) is 12.1 Å². The number of hydrogen-bond donors (Lipinski definition) is 2. The van der Waals surface area contributed by atoms with Gasteiger partial charge in [0.2, 0.25) is 0 Å². The summed E-state index contributed by atoms with van der Waals surface area (Å²) >= 11 is 0. The average molecular weight is 426 g/mol. The van der Waals surface area contributed by atoms with E-state index >= 15 is 0 Å². The highest BCUT2D eigenvalue weighted by molar-refractivity contribution is 14.0. The van der Waals surface area contributed by atoms with Gasteiger partial charge in [0.15, 0.2) is 5.96 Å². The Labute approximate surface area is 153 Å². The molecule has 132 valence electrons. The number of nitrogens with zero attached hydrogens (tertiary/aromatic N) is 2. The van der Waals surface area contributed by atoms with Crippen LogP contribution in [-0.4, -0.2) is 62.3 Å². The number of piperidine rings is 1. The van der Waals surface area contributed by atoms with Crippen molar-refractivity contribution in [3.05, 3.63) is 0 Å². The summed E-state index contributed by atoms with van der Waals surface area (Å²) in [6, 6.07) is 0.628. The van der Waals surface area contributed by atoms with Gasteiger partial charge in [-0.25, -0.2) is 0 Å². The molecule has 0 aromatic carbocycles. The van der Waals surface area contributed by atoms with Gasteiger partial charge in [-0.1, -0.05) is 13.3 Å². The standard InChI is InChI=1S/C16H34N4O.HI/c1-6-17-15(19-13-16(3,4)21-5)18-12-14-10-8-9-11-20(14)7-2;/h14H,6-13H2,1-5H3,(H2,17,18,19);1H. The molecule has 0 amide bonds. The topological polar surface area (TPSA) is 48.9 Å². The van der Waals surface area contributed by atoms with E-state index in [1.807, 2.05) is 0 Å². The number of likely N-dealkylation sites (N-methyl/N-ethyl adjacent to an activating group) is 1. The van der Waals surface area contributed by atoms with Gasteiger partial charge in [0.25, 0.3) is 0 Å². The molecular weight excluding hydrogens is 391 g/mol. The Kier molecular flexibility index (Phi) is 11.4. The minimum Gasteiger partial charge on any atom is -0.377 e. The molecule has 1 unspecified atom stereocenters. The highest BCUT2D eigenvalue weighted by Crippen LogP contribution is 2.15. The van der Waals surface area contributed by atoms with Gasteiger partial charge in [-0.05, 0) is 46.7 Å². The van der Waals surface area contributed by atoms with E-state index in [2.05, 4.69) is 48.2 Å². The molecule has 0 spiro atoms. The lowest BCUT2D eigenvalue weighted by Crippen LogP contribution is -2.49. The minimum atomic E-state index is -0.220. The minimum absolute atomic E-state index is 0. The summed E-state index contributed by atoms with van der Waals surface area (Å²) < 4.78 is 5.42. The number of rotatable bonds is 7. The van der Waals surface area contributed by atoms with E-state index in [-0.39, 0.29) is 29.6 Å². The first-order chi connectivity index (χ1) is 10.0. The lowest BCUT2D eigenvalue weighted by atomic mass is 10.0. The molecule has 22 heavy (non-hydrogen) atoms. The molecule has 0 aromatic rings. The van der Waals surface area contributed by atoms with Crippen molar-refractivity contribution in [2.45, 2.75) is 58.6 Å². The van der Waals surface area contributed by atoms with Crippen LogP contribution >= 0.6 is 24.0 Å². The van der Waals surface area contributed by atoms with Crippen LogP contribution in [0.2, 0.25) is 0 Å². The highest BCUT2D eigenvalue weighted by Gasteiger charge is 2.21. The fourth-order valence-corrected chi connectivity index (χ4v) is 2.60. The van der Waals surface area contributed by atoms with Gasteiger partial charge in [-0.2, -0.15) is 0 Å². The molecule has 0 radical (unpaired) electrons. The first kappa shape index (κ1) is 21.9. The van der Waals surface area contributed by atoms with Crippen LogP contribution in [0.4, 0.5) is 0 Å². The van der Waals surface area contributed by atoms with E-state index < -0.39 is 0 Å². The van der Waals surface area contributed by atoms with Crippen LogP contribution in [0.3, 0.4) is 0 Å². The van der Waals surface area contributed by atoms with Crippen LogP contribution in [0.1, 0.15) is 47.0 Å². The molecule has 5 nitrogen and oxygen atoms in total. The van der Waals surface area contributed by atoms with Gasteiger partial charge in [-0.3, -0.25) is 9.89 Å². The SMILES string of the molecule is CCNC(=NCC(C)(C)OC)NCC1CCCCN1CC.I. The molecule has 1 atom stereocenters. The number of halogens is 1. The van der Waals surface area contributed by atoms with Crippen molar-refractivity contribution >= 4 is 29.9 Å². The number of ether oxygens (including phenoxy) is 1. The smallest absolute Gasteiger partial charge is 0.191 e. The maximum absolute atomic E-state index is 5.42. The maximum atomic E-state index is 5.42. The van der Waals surface area contributed by atoms with Crippen molar-refractivity contribution < 1.29 is 4.74 Å². The maximum Gasteiger partial charge on any atom is 0.191 e. The number of aliphatic imine (C=N–C) groups is 1. The molecule has 0 bridgehead atoms. The fraction of sp³-hybridized carbons (Fsp3) is 0.938. The molecule has 2 N–H and O–H groups in total. The Hall–Kier alpha value is -0.0800. The van der Waals surface area contributed by atoms with Gasteiger partial charge in [0, 0.05) is 26.2 Å². The Morgan fingerprint density at radius 1 is 1.27 bits per heavy atom. The Morgan fingerprint density at radius 2 is 2.00 bits per heavy atom. The van der Waals surface area contributed by atoms with Crippen molar-refractivity contribution in [1.82, 2.24) is 15.5 Å². The molecular formula is C16H35IN4O. The van der Waals surface area contributed by atoms with E-state index in [1.165, 1.54) is 25.8 Å². The second-order valence-corrected chi connectivity index (χ2v) is 6.32. The van der Waals surface area contributed by atoms with Crippen molar-refractivity contribution in [2.24, 2.45) is 4.99 Å². The van der Waals surface area contributed by atoms with Crippen LogP contribution in [0, 0.1) is 0 Å². The molecule has 1 saturated heterocycles. The number of hydrogen-bond acceptors (Lipinski definition) is 3. The summed E-state index contributed by atoms with van der Waals surface area (Å²) in [5.41, 5.74) is -0.220.